The van der Waals surface area contributed by atoms with Crippen molar-refractivity contribution in [1.82, 2.24) is 10.6 Å². The fraction of sp³-hybridized carbons (Fsp3) is 0.467. The summed E-state index contributed by atoms with van der Waals surface area (Å²) in [5.41, 5.74) is -0.341. The molecule has 1 atom stereocenters. The summed E-state index contributed by atoms with van der Waals surface area (Å²) < 4.78 is 20.9. The van der Waals surface area contributed by atoms with Gasteiger partial charge >= 0.3 is 6.09 Å². The van der Waals surface area contributed by atoms with Crippen molar-refractivity contribution in [3.05, 3.63) is 35.9 Å². The molecule has 0 bridgehead atoms. The fourth-order valence-corrected chi connectivity index (χ4v) is 1.31. The summed E-state index contributed by atoms with van der Waals surface area (Å²) in [6.45, 7) is 4.57. The van der Waals surface area contributed by atoms with E-state index < -0.39 is 30.1 Å². The van der Waals surface area contributed by atoms with Crippen LogP contribution in [0.25, 0.3) is 0 Å². The second-order valence-corrected chi connectivity index (χ2v) is 5.35. The summed E-state index contributed by atoms with van der Waals surface area (Å²) in [7, 11) is 0. The Morgan fingerprint density at radius 2 is 1.90 bits per heavy atom. The van der Waals surface area contributed by atoms with E-state index in [0.717, 1.165) is 0 Å². The van der Waals surface area contributed by atoms with Gasteiger partial charge in [-0.3, -0.25) is 4.79 Å². The largest absolute Gasteiger partial charge is 0.444 e. The zero-order valence-corrected chi connectivity index (χ0v) is 12.2. The van der Waals surface area contributed by atoms with Gasteiger partial charge in [-0.25, -0.2) is 4.79 Å². The maximum Gasteiger partial charge on any atom is 0.408 e. The lowest BCUT2D eigenvalue weighted by atomic mass is 10.2. The minimum atomic E-state index is -2.03. The van der Waals surface area contributed by atoms with Gasteiger partial charge in [0.25, 0.3) is 0 Å². The second-order valence-electron chi connectivity index (χ2n) is 5.35. The summed E-state index contributed by atoms with van der Waals surface area (Å²) in [5, 5.41) is 4.64. The lowest BCUT2D eigenvalue weighted by Crippen LogP contribution is -2.46. The Hall–Kier alpha value is -2.04. The van der Waals surface area contributed by atoms with Crippen molar-refractivity contribution < 1.29 is 17.1 Å². The van der Waals surface area contributed by atoms with Gasteiger partial charge in [0.1, 0.15) is 11.6 Å². The Morgan fingerprint density at radius 1 is 1.30 bits per heavy atom. The van der Waals surface area contributed by atoms with Gasteiger partial charge in [-0.1, -0.05) is 30.3 Å². The number of nitrogens with one attached hydrogen (secondary N) is 2. The molecule has 0 aromatic heterocycles. The number of alkyl carbamates (subject to hydrolysis) is 1. The standard InChI is InChI=1S/C15H22N2O3/c1-11(17-14(19)20-15(2,3)4)13(18)16-10-12-8-6-5-7-9-12/h5-9,11H,10H2,1-4H3,(H,16,18)(H,17,19)/t11-/m1/s1/i10D2. The number of hydrogen-bond acceptors (Lipinski definition) is 3. The van der Waals surface area contributed by atoms with Crippen LogP contribution in [0.15, 0.2) is 30.3 Å². The van der Waals surface area contributed by atoms with E-state index in [4.69, 9.17) is 7.48 Å². The van der Waals surface area contributed by atoms with E-state index >= 15 is 0 Å². The van der Waals surface area contributed by atoms with Crippen LogP contribution in [0.2, 0.25) is 0 Å². The van der Waals surface area contributed by atoms with E-state index in [1.807, 2.05) is 0 Å². The molecule has 2 amide bonds. The van der Waals surface area contributed by atoms with Gasteiger partial charge < -0.3 is 15.4 Å². The molecule has 1 aromatic carbocycles. The molecule has 2 N–H and O–H groups in total. The molecule has 0 saturated heterocycles. The van der Waals surface area contributed by atoms with E-state index in [1.165, 1.54) is 6.92 Å². The average molecular weight is 280 g/mol. The van der Waals surface area contributed by atoms with Crippen LogP contribution in [0.3, 0.4) is 0 Å². The predicted molar refractivity (Wildman–Crippen MR) is 77.1 cm³/mol. The second kappa shape index (κ2) is 6.93. The first-order chi connectivity index (χ1) is 10.0. The zero-order valence-electron chi connectivity index (χ0n) is 14.2. The first-order valence-corrected chi connectivity index (χ1v) is 6.38. The molecule has 0 saturated carbocycles. The van der Waals surface area contributed by atoms with Gasteiger partial charge in [0, 0.05) is 6.50 Å². The molecule has 20 heavy (non-hydrogen) atoms. The Kier molecular flexibility index (Phi) is 4.50. The molecule has 1 aromatic rings. The van der Waals surface area contributed by atoms with Crippen LogP contribution in [-0.4, -0.2) is 23.6 Å². The first-order valence-electron chi connectivity index (χ1n) is 7.38. The molecule has 0 aliphatic rings. The molecule has 0 spiro atoms. The molecular formula is C15H22N2O3. The Labute approximate surface area is 122 Å². The Morgan fingerprint density at radius 3 is 2.45 bits per heavy atom. The van der Waals surface area contributed by atoms with Crippen molar-refractivity contribution in [2.45, 2.75) is 45.8 Å². The lowest BCUT2D eigenvalue weighted by Gasteiger charge is -2.21. The molecule has 5 heteroatoms. The third-order valence-corrected chi connectivity index (χ3v) is 2.23. The Bertz CT molecular complexity index is 527. The molecular weight excluding hydrogens is 256 g/mol. The molecule has 0 radical (unpaired) electrons. The maximum absolute atomic E-state index is 12.0. The van der Waals surface area contributed by atoms with Crippen LogP contribution in [0.1, 0.15) is 36.0 Å². The van der Waals surface area contributed by atoms with E-state index in [1.54, 1.807) is 51.1 Å². The van der Waals surface area contributed by atoms with Crippen LogP contribution >= 0.6 is 0 Å². The van der Waals surface area contributed by atoms with Crippen molar-refractivity contribution in [3.8, 4) is 0 Å². The first kappa shape index (κ1) is 13.0. The van der Waals surface area contributed by atoms with Gasteiger partial charge in [0.15, 0.2) is 0 Å². The quantitative estimate of drug-likeness (QED) is 0.888. The molecule has 0 aliphatic heterocycles. The topological polar surface area (TPSA) is 67.4 Å². The highest BCUT2D eigenvalue weighted by atomic mass is 16.6. The number of rotatable bonds is 4. The van der Waals surface area contributed by atoms with Crippen LogP contribution in [0.4, 0.5) is 4.79 Å². The van der Waals surface area contributed by atoms with Crippen LogP contribution in [0.5, 0.6) is 0 Å². The van der Waals surface area contributed by atoms with Gasteiger partial charge in [-0.2, -0.15) is 0 Å². The minimum Gasteiger partial charge on any atom is -0.444 e. The van der Waals surface area contributed by atoms with E-state index in [2.05, 4.69) is 10.6 Å². The Balaban J connectivity index is 2.63. The summed E-state index contributed by atoms with van der Waals surface area (Å²) in [6, 6.07) is 7.35. The highest BCUT2D eigenvalue weighted by molar-refractivity contribution is 5.85. The number of benzene rings is 1. The van der Waals surface area contributed by atoms with E-state index in [-0.39, 0.29) is 0 Å². The molecule has 1 rings (SSSR count). The molecule has 5 nitrogen and oxygen atoms in total. The number of amides is 2. The SMILES string of the molecule is [2H]C([2H])(NC(=O)[C@@H](C)NC(=O)OC(C)(C)C)c1ccccc1. The maximum atomic E-state index is 12.0. The number of ether oxygens (including phenoxy) is 1. The summed E-state index contributed by atoms with van der Waals surface area (Å²) in [6.07, 6.45) is -0.726. The van der Waals surface area contributed by atoms with Crippen LogP contribution in [-0.2, 0) is 16.0 Å². The smallest absolute Gasteiger partial charge is 0.408 e. The van der Waals surface area contributed by atoms with Crippen molar-refractivity contribution in [2.24, 2.45) is 0 Å². The highest BCUT2D eigenvalue weighted by Crippen LogP contribution is 2.06. The van der Waals surface area contributed by atoms with Crippen molar-refractivity contribution in [2.75, 3.05) is 0 Å². The van der Waals surface area contributed by atoms with Gasteiger partial charge in [0.05, 0.1) is 2.74 Å². The average Bonchev–Trinajstić information content (AvgIpc) is 2.36. The summed E-state index contributed by atoms with van der Waals surface area (Å²) in [4.78, 5) is 23.6. The summed E-state index contributed by atoms with van der Waals surface area (Å²) >= 11 is 0. The predicted octanol–water partition coefficient (Wildman–Crippen LogP) is 2.22. The number of carbonyl (C=O) groups excluding carboxylic acids is 2. The van der Waals surface area contributed by atoms with Crippen molar-refractivity contribution in [1.29, 1.82) is 0 Å². The van der Waals surface area contributed by atoms with Crippen LogP contribution < -0.4 is 10.6 Å². The molecule has 0 fully saturated rings. The normalized spacial score (nSPS) is 14.6. The van der Waals surface area contributed by atoms with E-state index in [0.29, 0.717) is 5.56 Å². The van der Waals surface area contributed by atoms with Crippen molar-refractivity contribution >= 4 is 12.0 Å². The lowest BCUT2D eigenvalue weighted by molar-refractivity contribution is -0.122. The zero-order chi connectivity index (χ0) is 17.0. The summed E-state index contributed by atoms with van der Waals surface area (Å²) in [5.74, 6) is -0.639. The van der Waals surface area contributed by atoms with E-state index in [9.17, 15) is 9.59 Å². The minimum absolute atomic E-state index is 0.327. The molecule has 0 unspecified atom stereocenters. The molecule has 0 aliphatic carbocycles. The molecule has 110 valence electrons. The number of hydrogen-bond donors (Lipinski definition) is 2. The third-order valence-electron chi connectivity index (χ3n) is 2.23. The van der Waals surface area contributed by atoms with Gasteiger partial charge in [-0.05, 0) is 33.3 Å². The van der Waals surface area contributed by atoms with Gasteiger partial charge in [-0.15, -0.1) is 0 Å². The fourth-order valence-electron chi connectivity index (χ4n) is 1.31. The monoisotopic (exact) mass is 280 g/mol. The third kappa shape index (κ3) is 6.22. The number of carbonyl (C=O) groups is 2. The van der Waals surface area contributed by atoms with Crippen LogP contribution in [0, 0.1) is 0 Å². The molecule has 0 heterocycles. The van der Waals surface area contributed by atoms with Crippen molar-refractivity contribution in [3.63, 3.8) is 0 Å². The highest BCUT2D eigenvalue weighted by Gasteiger charge is 2.20. The van der Waals surface area contributed by atoms with Gasteiger partial charge in [0.2, 0.25) is 5.91 Å².